The molecule has 2 heterocycles. The second-order valence-electron chi connectivity index (χ2n) is 10.3. The Hall–Kier alpha value is -0.938. The van der Waals surface area contributed by atoms with E-state index in [1.807, 2.05) is 19.1 Å². The van der Waals surface area contributed by atoms with Crippen molar-refractivity contribution in [1.29, 1.82) is 0 Å². The lowest BCUT2D eigenvalue weighted by atomic mass is 9.83. The number of rotatable bonds is 8. The van der Waals surface area contributed by atoms with Crippen LogP contribution in [0.4, 0.5) is 0 Å². The molecule has 174 valence electrons. The Bertz CT molecular complexity index is 893. The van der Waals surface area contributed by atoms with Crippen molar-refractivity contribution in [1.82, 2.24) is 9.79 Å². The van der Waals surface area contributed by atoms with Gasteiger partial charge in [0.2, 0.25) is 0 Å². The summed E-state index contributed by atoms with van der Waals surface area (Å²) >= 11 is 2.34. The summed E-state index contributed by atoms with van der Waals surface area (Å²) in [5.74, 6) is 0.966. The number of pyridine rings is 1. The van der Waals surface area contributed by atoms with Gasteiger partial charge >= 0.3 is 7.05 Å². The van der Waals surface area contributed by atoms with Crippen LogP contribution >= 0.6 is 22.6 Å². The summed E-state index contributed by atoms with van der Waals surface area (Å²) in [5.41, 5.74) is 2.32. The van der Waals surface area contributed by atoms with Crippen LogP contribution in [-0.4, -0.2) is 49.4 Å². The molecule has 0 bridgehead atoms. The molecule has 2 aromatic rings. The average molecular weight is 566 g/mol. The third-order valence-corrected chi connectivity index (χ3v) is 11.9. The molecule has 2 atom stereocenters. The Morgan fingerprint density at radius 2 is 2.09 bits per heavy atom. The first-order valence-electron chi connectivity index (χ1n) is 11.4. The number of aryl methyl sites for hydroxylation is 1. The fourth-order valence-electron chi connectivity index (χ4n) is 3.71. The average Bonchev–Trinajstić information content (AvgIpc) is 2.72. The third kappa shape index (κ3) is 6.56. The molecule has 0 fully saturated rings. The van der Waals surface area contributed by atoms with E-state index in [4.69, 9.17) is 9.16 Å². The monoisotopic (exact) mass is 566 g/mol. The summed E-state index contributed by atoms with van der Waals surface area (Å²) < 4.78 is 14.4. The van der Waals surface area contributed by atoms with Gasteiger partial charge in [0.25, 0.3) is 0 Å². The van der Waals surface area contributed by atoms with Crippen LogP contribution in [0.3, 0.4) is 0 Å². The maximum atomic E-state index is 10.6. The molecular formula is C24H36BIN2O3Si. The molecule has 0 spiro atoms. The van der Waals surface area contributed by atoms with Crippen molar-refractivity contribution in [2.75, 3.05) is 13.1 Å². The minimum atomic E-state index is -2.03. The van der Waals surface area contributed by atoms with Crippen molar-refractivity contribution in [3.05, 3.63) is 57.4 Å². The lowest BCUT2D eigenvalue weighted by Gasteiger charge is -2.41. The van der Waals surface area contributed by atoms with Gasteiger partial charge < -0.3 is 19.0 Å². The van der Waals surface area contributed by atoms with E-state index in [1.165, 1.54) is 9.13 Å². The van der Waals surface area contributed by atoms with E-state index in [9.17, 15) is 5.02 Å². The van der Waals surface area contributed by atoms with E-state index in [-0.39, 0.29) is 17.2 Å². The van der Waals surface area contributed by atoms with Gasteiger partial charge in [-0.05, 0) is 95.8 Å². The topological polar surface area (TPSA) is 54.8 Å². The van der Waals surface area contributed by atoms with Gasteiger partial charge in [-0.1, -0.05) is 26.8 Å². The molecule has 0 saturated heterocycles. The largest absolute Gasteiger partial charge is 0.489 e. The number of aromatic nitrogens is 1. The SMILES string of the molecule is CB(O)N(C[C@@H]1CCc2cc(I)ccc2O1)C[C@H](O[Si](C)(C)C(C)(C)C)c1cccnc1. The molecule has 1 aliphatic heterocycles. The number of benzene rings is 1. The molecule has 1 aromatic heterocycles. The summed E-state index contributed by atoms with van der Waals surface area (Å²) in [6.45, 7) is 14.4. The fourth-order valence-corrected chi connectivity index (χ4v) is 5.54. The lowest BCUT2D eigenvalue weighted by molar-refractivity contribution is 0.105. The molecule has 3 rings (SSSR count). The van der Waals surface area contributed by atoms with Crippen molar-refractivity contribution in [3.8, 4) is 5.75 Å². The van der Waals surface area contributed by atoms with Gasteiger partial charge in [0.1, 0.15) is 11.9 Å². The van der Waals surface area contributed by atoms with E-state index in [2.05, 4.69) is 90.5 Å². The zero-order valence-corrected chi connectivity index (χ0v) is 23.3. The minimum absolute atomic E-state index is 0.0413. The zero-order chi connectivity index (χ0) is 23.5. The standard InChI is InChI=1S/C24H36BIN2O3Si/c1-24(2,3)32(5,6)31-23(19-8-7-13-27-15-19)17-28(25(4)29)16-21-11-9-18-14-20(26)10-12-22(18)30-21/h7-8,10,12-15,21,23,29H,9,11,16-17H2,1-6H3/t21-,23-/m0/s1. The molecule has 8 heteroatoms. The number of fused-ring (bicyclic) bond motifs is 1. The Morgan fingerprint density at radius 1 is 1.34 bits per heavy atom. The highest BCUT2D eigenvalue weighted by Crippen LogP contribution is 2.40. The van der Waals surface area contributed by atoms with Gasteiger partial charge in [-0.3, -0.25) is 4.98 Å². The van der Waals surface area contributed by atoms with Crippen molar-refractivity contribution in [2.24, 2.45) is 0 Å². The normalized spacial score (nSPS) is 17.6. The van der Waals surface area contributed by atoms with Crippen molar-refractivity contribution in [2.45, 2.75) is 70.8 Å². The van der Waals surface area contributed by atoms with Crippen LogP contribution < -0.4 is 4.74 Å². The summed E-state index contributed by atoms with van der Waals surface area (Å²) in [6, 6.07) is 10.4. The molecule has 32 heavy (non-hydrogen) atoms. The maximum absolute atomic E-state index is 10.6. The van der Waals surface area contributed by atoms with Crippen LogP contribution in [0.2, 0.25) is 25.0 Å². The number of hydrogen-bond donors (Lipinski definition) is 1. The fraction of sp³-hybridized carbons (Fsp3) is 0.542. The highest BCUT2D eigenvalue weighted by atomic mass is 127. The summed E-state index contributed by atoms with van der Waals surface area (Å²) in [7, 11) is -2.62. The van der Waals surface area contributed by atoms with E-state index < -0.39 is 15.4 Å². The van der Waals surface area contributed by atoms with E-state index in [0.717, 1.165) is 24.2 Å². The van der Waals surface area contributed by atoms with Crippen LogP contribution in [0.1, 0.15) is 44.4 Å². The van der Waals surface area contributed by atoms with Crippen molar-refractivity contribution in [3.63, 3.8) is 0 Å². The van der Waals surface area contributed by atoms with E-state index in [0.29, 0.717) is 13.1 Å². The van der Waals surface area contributed by atoms with Crippen LogP contribution in [0, 0.1) is 3.57 Å². The van der Waals surface area contributed by atoms with Crippen molar-refractivity contribution < 1.29 is 14.2 Å². The van der Waals surface area contributed by atoms with Crippen LogP contribution in [0.15, 0.2) is 42.7 Å². The molecule has 0 amide bonds. The lowest BCUT2D eigenvalue weighted by Crippen LogP contribution is -2.49. The van der Waals surface area contributed by atoms with E-state index in [1.54, 1.807) is 6.20 Å². The number of ether oxygens (including phenoxy) is 1. The Kier molecular flexibility index (Phi) is 8.47. The highest BCUT2D eigenvalue weighted by molar-refractivity contribution is 14.1. The minimum Gasteiger partial charge on any atom is -0.489 e. The molecule has 1 aliphatic rings. The Balaban J connectivity index is 1.77. The second-order valence-corrected chi connectivity index (χ2v) is 16.3. The smallest absolute Gasteiger partial charge is 0.376 e. The first-order valence-corrected chi connectivity index (χ1v) is 15.4. The van der Waals surface area contributed by atoms with Crippen LogP contribution in [-0.2, 0) is 10.8 Å². The van der Waals surface area contributed by atoms with Gasteiger partial charge in [0.15, 0.2) is 8.32 Å². The second kappa shape index (κ2) is 10.5. The predicted octanol–water partition coefficient (Wildman–Crippen LogP) is 5.56. The van der Waals surface area contributed by atoms with Crippen molar-refractivity contribution >= 4 is 38.0 Å². The first kappa shape index (κ1) is 25.7. The molecule has 1 N–H and O–H groups in total. The number of hydrogen-bond acceptors (Lipinski definition) is 5. The molecule has 5 nitrogen and oxygen atoms in total. The molecular weight excluding hydrogens is 530 g/mol. The van der Waals surface area contributed by atoms with Gasteiger partial charge in [-0.2, -0.15) is 0 Å². The summed E-state index contributed by atoms with van der Waals surface area (Å²) in [4.78, 5) is 6.40. The Labute approximate surface area is 208 Å². The Morgan fingerprint density at radius 3 is 2.72 bits per heavy atom. The molecule has 0 saturated carbocycles. The molecule has 0 radical (unpaired) electrons. The van der Waals surface area contributed by atoms with Gasteiger partial charge in [-0.25, -0.2) is 0 Å². The van der Waals surface area contributed by atoms with Gasteiger partial charge in [-0.15, -0.1) is 0 Å². The highest BCUT2D eigenvalue weighted by Gasteiger charge is 2.40. The third-order valence-electron chi connectivity index (χ3n) is 6.72. The maximum Gasteiger partial charge on any atom is 0.376 e. The molecule has 0 aliphatic carbocycles. The predicted molar refractivity (Wildman–Crippen MR) is 143 cm³/mol. The summed E-state index contributed by atoms with van der Waals surface area (Å²) in [5, 5.41) is 10.7. The first-order chi connectivity index (χ1) is 15.0. The van der Waals surface area contributed by atoms with Crippen LogP contribution in [0.5, 0.6) is 5.75 Å². The van der Waals surface area contributed by atoms with Crippen LogP contribution in [0.25, 0.3) is 0 Å². The van der Waals surface area contributed by atoms with Gasteiger partial charge in [0, 0.05) is 29.1 Å². The molecule has 1 aromatic carbocycles. The molecule has 0 unspecified atom stereocenters. The number of nitrogens with zero attached hydrogens (tertiary/aromatic N) is 2. The quantitative estimate of drug-likeness (QED) is 0.336. The van der Waals surface area contributed by atoms with E-state index >= 15 is 0 Å². The number of halogens is 1. The summed E-state index contributed by atoms with van der Waals surface area (Å²) in [6.07, 6.45) is 5.49. The zero-order valence-electron chi connectivity index (χ0n) is 20.1. The van der Waals surface area contributed by atoms with Gasteiger partial charge in [0.05, 0.1) is 6.10 Å².